The highest BCUT2D eigenvalue weighted by Gasteiger charge is 2.11. The van der Waals surface area contributed by atoms with E-state index in [2.05, 4.69) is 46.4 Å². The summed E-state index contributed by atoms with van der Waals surface area (Å²) < 4.78 is 0. The maximum Gasteiger partial charge on any atom is 0.150 e. The molecule has 0 saturated heterocycles. The molecule has 0 radical (unpaired) electrons. The van der Waals surface area contributed by atoms with E-state index in [-0.39, 0.29) is 0 Å². The van der Waals surface area contributed by atoms with Gasteiger partial charge in [-0.15, -0.1) is 0 Å². The molecule has 2 nitrogen and oxygen atoms in total. The molecule has 0 saturated carbocycles. The number of hydrogen-bond acceptors (Lipinski definition) is 2. The number of rotatable bonds is 6. The van der Waals surface area contributed by atoms with Crippen molar-refractivity contribution in [2.75, 3.05) is 0 Å². The Morgan fingerprint density at radius 1 is 1.10 bits per heavy atom. The van der Waals surface area contributed by atoms with Crippen molar-refractivity contribution in [3.05, 3.63) is 83.0 Å². The summed E-state index contributed by atoms with van der Waals surface area (Å²) in [7, 11) is 0. The van der Waals surface area contributed by atoms with E-state index < -0.39 is 0 Å². The largest absolute Gasteiger partial charge is 0.299 e. The van der Waals surface area contributed by atoms with Gasteiger partial charge in [-0.2, -0.15) is 0 Å². The van der Waals surface area contributed by atoms with E-state index in [9.17, 15) is 9.59 Å². The molecule has 0 N–H and O–H groups in total. The third kappa shape index (κ3) is 15.2. The smallest absolute Gasteiger partial charge is 0.150 e. The molecule has 2 rings (SSSR count). The van der Waals surface area contributed by atoms with Gasteiger partial charge in [0, 0.05) is 5.56 Å². The molecular weight excluding hydrogens is 356 g/mol. The van der Waals surface area contributed by atoms with Gasteiger partial charge in [-0.1, -0.05) is 71.4 Å². The predicted octanol–water partition coefficient (Wildman–Crippen LogP) is 7.69. The van der Waals surface area contributed by atoms with Crippen LogP contribution in [0.1, 0.15) is 77.1 Å². The number of aldehydes is 2. The lowest BCUT2D eigenvalue weighted by Crippen LogP contribution is -2.04. The minimum Gasteiger partial charge on any atom is -0.299 e. The predicted molar refractivity (Wildman–Crippen MR) is 126 cm³/mol. The molecule has 0 fully saturated rings. The Bertz CT molecular complexity index is 701. The fourth-order valence-electron chi connectivity index (χ4n) is 2.73. The average Bonchev–Trinajstić information content (AvgIpc) is 2.70. The van der Waals surface area contributed by atoms with Crippen molar-refractivity contribution in [3.63, 3.8) is 0 Å². The number of benzene rings is 1. The van der Waals surface area contributed by atoms with Gasteiger partial charge < -0.3 is 0 Å². The van der Waals surface area contributed by atoms with Crippen LogP contribution in [-0.2, 0) is 4.79 Å². The summed E-state index contributed by atoms with van der Waals surface area (Å²) in [5, 5.41) is 0. The highest BCUT2D eigenvalue weighted by molar-refractivity contribution is 5.74. The number of carbonyl (C=O) groups is 2. The van der Waals surface area contributed by atoms with Crippen molar-refractivity contribution >= 4 is 12.6 Å². The first kappa shape index (κ1) is 26.5. The average molecular weight is 395 g/mol. The molecule has 2 heteroatoms. The fourth-order valence-corrected chi connectivity index (χ4v) is 2.73. The minimum atomic E-state index is 0.729. The van der Waals surface area contributed by atoms with Gasteiger partial charge in [-0.25, -0.2) is 0 Å². The molecule has 0 amide bonds. The first-order chi connectivity index (χ1) is 13.8. The monoisotopic (exact) mass is 394 g/mol. The molecule has 0 unspecified atom stereocenters. The Labute approximate surface area is 178 Å². The lowest BCUT2D eigenvalue weighted by molar-refractivity contribution is -0.104. The zero-order valence-electron chi connectivity index (χ0n) is 18.9. The van der Waals surface area contributed by atoms with Crippen LogP contribution in [0.2, 0.25) is 0 Å². The summed E-state index contributed by atoms with van der Waals surface area (Å²) in [6, 6.07) is 9.10. The Morgan fingerprint density at radius 2 is 1.76 bits per heavy atom. The SMILES string of the molecule is C=C(C)[C@H]1CC=C(C)CC1.CC(C)=CCC/C(C)=C/C=O.O=Cc1ccccc1. The normalized spacial score (nSPS) is 15.4. The van der Waals surface area contributed by atoms with Gasteiger partial charge in [0.25, 0.3) is 0 Å². The quantitative estimate of drug-likeness (QED) is 0.281. The summed E-state index contributed by atoms with van der Waals surface area (Å²) in [5.41, 5.74) is 6.12. The molecular formula is C27H38O2. The van der Waals surface area contributed by atoms with Crippen molar-refractivity contribution in [1.29, 1.82) is 0 Å². The third-order valence-electron chi connectivity index (χ3n) is 4.71. The molecule has 1 aliphatic rings. The van der Waals surface area contributed by atoms with E-state index in [1.54, 1.807) is 23.8 Å². The van der Waals surface area contributed by atoms with Crippen molar-refractivity contribution in [1.82, 2.24) is 0 Å². The summed E-state index contributed by atoms with van der Waals surface area (Å²) in [4.78, 5) is 20.0. The molecule has 158 valence electrons. The molecule has 0 aliphatic heterocycles. The van der Waals surface area contributed by atoms with Gasteiger partial charge in [0.2, 0.25) is 0 Å². The van der Waals surface area contributed by atoms with Gasteiger partial charge in [0.05, 0.1) is 0 Å². The zero-order chi connectivity index (χ0) is 22.1. The molecule has 1 atom stereocenters. The Kier molecular flexibility index (Phi) is 15.1. The lowest BCUT2D eigenvalue weighted by Gasteiger charge is -2.19. The molecule has 1 aromatic rings. The van der Waals surface area contributed by atoms with Crippen LogP contribution in [0.25, 0.3) is 0 Å². The fraction of sp³-hybridized carbons (Fsp3) is 0.407. The number of carbonyl (C=O) groups excluding carboxylic acids is 2. The highest BCUT2D eigenvalue weighted by atomic mass is 16.1. The Balaban J connectivity index is 0.000000410. The van der Waals surface area contributed by atoms with Crippen LogP contribution in [0.5, 0.6) is 0 Å². The third-order valence-corrected chi connectivity index (χ3v) is 4.71. The van der Waals surface area contributed by atoms with Crippen molar-refractivity contribution in [2.24, 2.45) is 5.92 Å². The van der Waals surface area contributed by atoms with Crippen LogP contribution in [0.4, 0.5) is 0 Å². The van der Waals surface area contributed by atoms with Gasteiger partial charge >= 0.3 is 0 Å². The molecule has 1 aromatic carbocycles. The van der Waals surface area contributed by atoms with E-state index in [0.717, 1.165) is 42.5 Å². The molecule has 0 aromatic heterocycles. The van der Waals surface area contributed by atoms with Gasteiger partial charge in [0.15, 0.2) is 0 Å². The zero-order valence-corrected chi connectivity index (χ0v) is 18.9. The second kappa shape index (κ2) is 16.5. The van der Waals surface area contributed by atoms with E-state index >= 15 is 0 Å². The van der Waals surface area contributed by atoms with Crippen LogP contribution in [0.3, 0.4) is 0 Å². The van der Waals surface area contributed by atoms with E-state index in [4.69, 9.17) is 0 Å². The molecule has 0 spiro atoms. The van der Waals surface area contributed by atoms with E-state index in [0.29, 0.717) is 0 Å². The topological polar surface area (TPSA) is 34.1 Å². The van der Waals surface area contributed by atoms with Gasteiger partial charge in [-0.05, 0) is 78.7 Å². The number of hydrogen-bond donors (Lipinski definition) is 0. The van der Waals surface area contributed by atoms with Crippen LogP contribution >= 0.6 is 0 Å². The molecule has 29 heavy (non-hydrogen) atoms. The summed E-state index contributed by atoms with van der Waals surface area (Å²) in [5.74, 6) is 0.767. The standard InChI is InChI=1S/C10H16O.C10H16.C7H6O/c1-9(2)5-4-6-10(3)7-8-11;1-8(2)10-6-4-9(3)5-7-10;8-6-7-4-2-1-3-5-7/h5,7-8H,4,6H2,1-3H3;4,10H,1,5-7H2,2-3H3;1-6H/b10-7+;;/t;10-;/m.0./s1. The highest BCUT2D eigenvalue weighted by Crippen LogP contribution is 2.27. The van der Waals surface area contributed by atoms with Crippen LogP contribution in [0, 0.1) is 5.92 Å². The molecule has 0 heterocycles. The molecule has 1 aliphatic carbocycles. The summed E-state index contributed by atoms with van der Waals surface area (Å²) >= 11 is 0. The summed E-state index contributed by atoms with van der Waals surface area (Å²) in [6.45, 7) is 14.5. The van der Waals surface area contributed by atoms with Crippen LogP contribution in [0.15, 0.2) is 77.4 Å². The first-order valence-corrected chi connectivity index (χ1v) is 10.4. The summed E-state index contributed by atoms with van der Waals surface area (Å²) in [6.07, 6.45) is 13.7. The van der Waals surface area contributed by atoms with E-state index in [1.807, 2.05) is 25.1 Å². The van der Waals surface area contributed by atoms with Crippen molar-refractivity contribution < 1.29 is 9.59 Å². The minimum absolute atomic E-state index is 0.729. The molecule has 0 bridgehead atoms. The maximum atomic E-state index is 10.0. The maximum absolute atomic E-state index is 10.0. The lowest BCUT2D eigenvalue weighted by atomic mass is 9.86. The van der Waals surface area contributed by atoms with Gasteiger partial charge in [-0.3, -0.25) is 9.59 Å². The van der Waals surface area contributed by atoms with Crippen molar-refractivity contribution in [3.8, 4) is 0 Å². The van der Waals surface area contributed by atoms with Crippen molar-refractivity contribution in [2.45, 2.75) is 66.7 Å². The van der Waals surface area contributed by atoms with E-state index in [1.165, 1.54) is 30.4 Å². The second-order valence-electron chi connectivity index (χ2n) is 7.87. The number of allylic oxidation sites excluding steroid dienone is 7. The Hall–Kier alpha value is -2.48. The van der Waals surface area contributed by atoms with Gasteiger partial charge in [0.1, 0.15) is 12.6 Å². The second-order valence-corrected chi connectivity index (χ2v) is 7.87. The van der Waals surface area contributed by atoms with Crippen LogP contribution < -0.4 is 0 Å². The van der Waals surface area contributed by atoms with Crippen LogP contribution in [-0.4, -0.2) is 12.6 Å². The Morgan fingerprint density at radius 3 is 2.17 bits per heavy atom. The first-order valence-electron chi connectivity index (χ1n) is 10.4.